The molecule has 0 atom stereocenters. The fourth-order valence-corrected chi connectivity index (χ4v) is 1.97. The highest BCUT2D eigenvalue weighted by Crippen LogP contribution is 2.21. The second-order valence-electron chi connectivity index (χ2n) is 3.60. The molecule has 0 radical (unpaired) electrons. The smallest absolute Gasteiger partial charge is 0.0485 e. The number of rotatable bonds is 2. The average Bonchev–Trinajstić information content (AvgIpc) is 2.56. The van der Waals surface area contributed by atoms with Crippen LogP contribution in [0.1, 0.15) is 11.1 Å². The normalized spacial score (nSPS) is 10.6. The molecule has 2 rings (SSSR count). The van der Waals surface area contributed by atoms with Gasteiger partial charge in [0.25, 0.3) is 0 Å². The van der Waals surface area contributed by atoms with E-state index in [1.807, 2.05) is 18.3 Å². The summed E-state index contributed by atoms with van der Waals surface area (Å²) in [6, 6.07) is 7.66. The molecule has 0 saturated carbocycles. The topological polar surface area (TPSA) is 4.93 Å². The van der Waals surface area contributed by atoms with Crippen LogP contribution in [0.2, 0.25) is 10.0 Å². The van der Waals surface area contributed by atoms with E-state index in [1.54, 1.807) is 6.07 Å². The fourth-order valence-electron chi connectivity index (χ4n) is 1.51. The van der Waals surface area contributed by atoms with Crippen LogP contribution in [0.4, 0.5) is 0 Å². The zero-order chi connectivity index (χ0) is 10.8. The van der Waals surface area contributed by atoms with Crippen LogP contribution in [0.5, 0.6) is 0 Å². The fraction of sp³-hybridized carbons (Fsp3) is 0.167. The van der Waals surface area contributed by atoms with Gasteiger partial charge in [-0.25, -0.2) is 0 Å². The molecule has 0 saturated heterocycles. The first kappa shape index (κ1) is 10.6. The van der Waals surface area contributed by atoms with Gasteiger partial charge in [-0.15, -0.1) is 0 Å². The molecule has 0 aliphatic heterocycles. The SMILES string of the molecule is Cc1ccn(Cc2ccc(Cl)cc2Cl)c1. The molecule has 0 unspecified atom stereocenters. The Labute approximate surface area is 99.2 Å². The van der Waals surface area contributed by atoms with E-state index < -0.39 is 0 Å². The summed E-state index contributed by atoms with van der Waals surface area (Å²) in [4.78, 5) is 0. The van der Waals surface area contributed by atoms with Crippen LogP contribution in [-0.4, -0.2) is 4.57 Å². The van der Waals surface area contributed by atoms with Crippen molar-refractivity contribution in [1.82, 2.24) is 4.57 Å². The molecule has 1 heterocycles. The Morgan fingerprint density at radius 3 is 2.60 bits per heavy atom. The number of halogens is 2. The minimum atomic E-state index is 0.674. The Kier molecular flexibility index (Phi) is 3.03. The molecule has 0 aliphatic rings. The lowest BCUT2D eigenvalue weighted by Gasteiger charge is -2.05. The molecular weight excluding hydrogens is 229 g/mol. The molecular formula is C12H11Cl2N. The Bertz CT molecular complexity index is 474. The van der Waals surface area contributed by atoms with Gasteiger partial charge in [0.05, 0.1) is 0 Å². The van der Waals surface area contributed by atoms with Gasteiger partial charge < -0.3 is 4.57 Å². The van der Waals surface area contributed by atoms with Crippen molar-refractivity contribution in [2.24, 2.45) is 0 Å². The molecule has 0 fully saturated rings. The summed E-state index contributed by atoms with van der Waals surface area (Å²) in [5.74, 6) is 0. The first-order valence-corrected chi connectivity index (χ1v) is 5.47. The number of hydrogen-bond acceptors (Lipinski definition) is 0. The third-order valence-corrected chi connectivity index (χ3v) is 2.85. The van der Waals surface area contributed by atoms with Gasteiger partial charge in [0.15, 0.2) is 0 Å². The van der Waals surface area contributed by atoms with E-state index in [-0.39, 0.29) is 0 Å². The van der Waals surface area contributed by atoms with Gasteiger partial charge in [-0.05, 0) is 36.2 Å². The third kappa shape index (κ3) is 2.55. The van der Waals surface area contributed by atoms with E-state index in [4.69, 9.17) is 23.2 Å². The van der Waals surface area contributed by atoms with Crippen molar-refractivity contribution < 1.29 is 0 Å². The van der Waals surface area contributed by atoms with Crippen LogP contribution in [0.15, 0.2) is 36.7 Å². The lowest BCUT2D eigenvalue weighted by molar-refractivity contribution is 0.804. The van der Waals surface area contributed by atoms with Crippen molar-refractivity contribution in [1.29, 1.82) is 0 Å². The third-order valence-electron chi connectivity index (χ3n) is 2.27. The maximum atomic E-state index is 6.09. The van der Waals surface area contributed by atoms with Crippen molar-refractivity contribution in [3.63, 3.8) is 0 Å². The molecule has 1 aromatic carbocycles. The summed E-state index contributed by atoms with van der Waals surface area (Å²) in [6.07, 6.45) is 4.13. The van der Waals surface area contributed by atoms with E-state index in [2.05, 4.69) is 23.8 Å². The predicted octanol–water partition coefficient (Wildman–Crippen LogP) is 4.15. The Balaban J connectivity index is 2.24. The van der Waals surface area contributed by atoms with E-state index in [0.29, 0.717) is 10.0 Å². The predicted molar refractivity (Wildman–Crippen MR) is 64.7 cm³/mol. The minimum absolute atomic E-state index is 0.674. The van der Waals surface area contributed by atoms with Gasteiger partial charge in [0.1, 0.15) is 0 Å². The lowest BCUT2D eigenvalue weighted by atomic mass is 10.2. The average molecular weight is 240 g/mol. The number of aromatic nitrogens is 1. The van der Waals surface area contributed by atoms with Crippen molar-refractivity contribution in [2.75, 3.05) is 0 Å². The van der Waals surface area contributed by atoms with Gasteiger partial charge in [-0.1, -0.05) is 29.3 Å². The van der Waals surface area contributed by atoms with Crippen LogP contribution in [-0.2, 0) is 6.54 Å². The maximum absolute atomic E-state index is 6.09. The molecule has 78 valence electrons. The van der Waals surface area contributed by atoms with Crippen molar-refractivity contribution in [2.45, 2.75) is 13.5 Å². The molecule has 1 aromatic heterocycles. The Morgan fingerprint density at radius 1 is 1.20 bits per heavy atom. The molecule has 3 heteroatoms. The van der Waals surface area contributed by atoms with Gasteiger partial charge in [-0.2, -0.15) is 0 Å². The molecule has 0 N–H and O–H groups in total. The molecule has 0 spiro atoms. The summed E-state index contributed by atoms with van der Waals surface area (Å²) in [7, 11) is 0. The zero-order valence-corrected chi connectivity index (χ0v) is 9.89. The van der Waals surface area contributed by atoms with Gasteiger partial charge in [-0.3, -0.25) is 0 Å². The molecule has 0 aliphatic carbocycles. The monoisotopic (exact) mass is 239 g/mol. The highest BCUT2D eigenvalue weighted by Gasteiger charge is 2.01. The number of nitrogens with zero attached hydrogens (tertiary/aromatic N) is 1. The van der Waals surface area contributed by atoms with Gasteiger partial charge >= 0.3 is 0 Å². The second-order valence-corrected chi connectivity index (χ2v) is 4.44. The molecule has 1 nitrogen and oxygen atoms in total. The molecule has 2 aromatic rings. The van der Waals surface area contributed by atoms with Crippen LogP contribution in [0.25, 0.3) is 0 Å². The standard InChI is InChI=1S/C12H11Cl2N/c1-9-4-5-15(7-9)8-10-2-3-11(13)6-12(10)14/h2-7H,8H2,1H3. The first-order chi connectivity index (χ1) is 7.15. The van der Waals surface area contributed by atoms with Gasteiger partial charge in [0, 0.05) is 29.0 Å². The van der Waals surface area contributed by atoms with Crippen LogP contribution in [0, 0.1) is 6.92 Å². The summed E-state index contributed by atoms with van der Waals surface area (Å²) in [5.41, 5.74) is 2.33. The molecule has 15 heavy (non-hydrogen) atoms. The highest BCUT2D eigenvalue weighted by molar-refractivity contribution is 6.35. The van der Waals surface area contributed by atoms with Crippen molar-refractivity contribution >= 4 is 23.2 Å². The molecule has 0 bridgehead atoms. The van der Waals surface area contributed by atoms with E-state index in [1.165, 1.54) is 5.56 Å². The zero-order valence-electron chi connectivity index (χ0n) is 8.37. The largest absolute Gasteiger partial charge is 0.350 e. The minimum Gasteiger partial charge on any atom is -0.350 e. The van der Waals surface area contributed by atoms with Crippen LogP contribution < -0.4 is 0 Å². The first-order valence-electron chi connectivity index (χ1n) is 4.71. The lowest BCUT2D eigenvalue weighted by Crippen LogP contribution is -1.96. The van der Waals surface area contributed by atoms with Crippen molar-refractivity contribution in [3.8, 4) is 0 Å². The van der Waals surface area contributed by atoms with Crippen molar-refractivity contribution in [3.05, 3.63) is 57.8 Å². The van der Waals surface area contributed by atoms with E-state index in [0.717, 1.165) is 12.1 Å². The summed E-state index contributed by atoms with van der Waals surface area (Å²) >= 11 is 11.9. The van der Waals surface area contributed by atoms with E-state index in [9.17, 15) is 0 Å². The Hall–Kier alpha value is -0.920. The second kappa shape index (κ2) is 4.30. The van der Waals surface area contributed by atoms with Gasteiger partial charge in [0.2, 0.25) is 0 Å². The number of hydrogen-bond donors (Lipinski definition) is 0. The van der Waals surface area contributed by atoms with Crippen LogP contribution >= 0.6 is 23.2 Å². The summed E-state index contributed by atoms with van der Waals surface area (Å²) < 4.78 is 2.10. The summed E-state index contributed by atoms with van der Waals surface area (Å²) in [5, 5.41) is 1.39. The Morgan fingerprint density at radius 2 is 2.00 bits per heavy atom. The molecule has 0 amide bonds. The quantitative estimate of drug-likeness (QED) is 0.743. The maximum Gasteiger partial charge on any atom is 0.0485 e. The highest BCUT2D eigenvalue weighted by atomic mass is 35.5. The number of benzene rings is 1. The van der Waals surface area contributed by atoms with Crippen LogP contribution in [0.3, 0.4) is 0 Å². The number of aryl methyl sites for hydroxylation is 1. The van der Waals surface area contributed by atoms with E-state index >= 15 is 0 Å². The summed E-state index contributed by atoms with van der Waals surface area (Å²) in [6.45, 7) is 2.85.